The van der Waals surface area contributed by atoms with Gasteiger partial charge in [0.2, 0.25) is 0 Å². The van der Waals surface area contributed by atoms with E-state index in [-0.39, 0.29) is 5.91 Å². The Morgan fingerprint density at radius 3 is 2.59 bits per heavy atom. The number of benzene rings is 3. The molecule has 0 saturated heterocycles. The number of rotatable bonds is 11. The van der Waals surface area contributed by atoms with Gasteiger partial charge in [-0.25, -0.2) is 5.43 Å². The zero-order valence-electron chi connectivity index (χ0n) is 19.0. The first-order valence-electron chi connectivity index (χ1n) is 10.9. The predicted molar refractivity (Wildman–Crippen MR) is 136 cm³/mol. The van der Waals surface area contributed by atoms with Crippen LogP contribution in [0.25, 0.3) is 0 Å². The second-order valence-electron chi connectivity index (χ2n) is 7.24. The van der Waals surface area contributed by atoms with E-state index >= 15 is 0 Å². The van der Waals surface area contributed by atoms with Gasteiger partial charge < -0.3 is 14.2 Å². The largest absolute Gasteiger partial charge is 0.490 e. The fourth-order valence-electron chi connectivity index (χ4n) is 2.96. The summed E-state index contributed by atoms with van der Waals surface area (Å²) < 4.78 is 17.1. The van der Waals surface area contributed by atoms with Crippen molar-refractivity contribution in [1.82, 2.24) is 5.43 Å². The van der Waals surface area contributed by atoms with Crippen LogP contribution in [0.15, 0.2) is 65.8 Å². The van der Waals surface area contributed by atoms with Crippen molar-refractivity contribution in [2.45, 2.75) is 26.9 Å². The molecule has 0 aliphatic rings. The Hall–Kier alpha value is -3.22. The molecule has 0 aliphatic carbocycles. The van der Waals surface area contributed by atoms with Crippen molar-refractivity contribution in [1.29, 1.82) is 0 Å². The maximum absolute atomic E-state index is 12.5. The van der Waals surface area contributed by atoms with Crippen molar-refractivity contribution in [3.63, 3.8) is 0 Å². The lowest BCUT2D eigenvalue weighted by molar-refractivity contribution is 0.0954. The smallest absolute Gasteiger partial charge is 0.271 e. The molecule has 0 aliphatic heterocycles. The molecule has 1 N–H and O–H groups in total. The molecular weight excluding hydrogens is 475 g/mol. The summed E-state index contributed by atoms with van der Waals surface area (Å²) in [4.78, 5) is 12.5. The number of halogens is 2. The van der Waals surface area contributed by atoms with Crippen LogP contribution < -0.4 is 19.6 Å². The van der Waals surface area contributed by atoms with Gasteiger partial charge in [0.25, 0.3) is 5.91 Å². The van der Waals surface area contributed by atoms with Gasteiger partial charge in [0.05, 0.1) is 19.4 Å². The topological polar surface area (TPSA) is 69.2 Å². The van der Waals surface area contributed by atoms with Crippen molar-refractivity contribution < 1.29 is 19.0 Å². The van der Waals surface area contributed by atoms with Crippen LogP contribution in [0.1, 0.15) is 41.8 Å². The number of carbonyl (C=O) groups excluding carboxylic acids is 1. The first-order chi connectivity index (χ1) is 16.5. The van der Waals surface area contributed by atoms with E-state index in [2.05, 4.69) is 10.5 Å². The number of hydrogen-bond donors (Lipinski definition) is 1. The fourth-order valence-corrected chi connectivity index (χ4v) is 3.43. The van der Waals surface area contributed by atoms with Crippen LogP contribution in [-0.4, -0.2) is 25.3 Å². The number of ether oxygens (including phenoxy) is 3. The minimum atomic E-state index is -0.357. The number of nitrogens with one attached hydrogen (secondary N) is 1. The highest BCUT2D eigenvalue weighted by molar-refractivity contribution is 6.35. The maximum Gasteiger partial charge on any atom is 0.271 e. The first kappa shape index (κ1) is 25.4. The van der Waals surface area contributed by atoms with Gasteiger partial charge >= 0.3 is 0 Å². The van der Waals surface area contributed by atoms with Crippen molar-refractivity contribution >= 4 is 35.3 Å². The minimum Gasteiger partial charge on any atom is -0.490 e. The fraction of sp³-hybridized carbons (Fsp3) is 0.231. The highest BCUT2D eigenvalue weighted by Crippen LogP contribution is 2.29. The third-order valence-electron chi connectivity index (χ3n) is 4.61. The lowest BCUT2D eigenvalue weighted by Gasteiger charge is -2.12. The highest BCUT2D eigenvalue weighted by Gasteiger charge is 2.11. The van der Waals surface area contributed by atoms with Crippen LogP contribution in [0.4, 0.5) is 0 Å². The van der Waals surface area contributed by atoms with Gasteiger partial charge in [-0.1, -0.05) is 48.3 Å². The molecular formula is C26H26Cl2N2O4. The van der Waals surface area contributed by atoms with E-state index in [4.69, 9.17) is 37.4 Å². The van der Waals surface area contributed by atoms with Gasteiger partial charge in [-0.3, -0.25) is 4.79 Å². The Morgan fingerprint density at radius 2 is 1.82 bits per heavy atom. The molecule has 0 fully saturated rings. The predicted octanol–water partition coefficient (Wildman–Crippen LogP) is 6.52. The van der Waals surface area contributed by atoms with Crippen LogP contribution in [0.2, 0.25) is 10.0 Å². The van der Waals surface area contributed by atoms with Gasteiger partial charge in [0.1, 0.15) is 12.4 Å². The number of hydrazone groups is 1. The van der Waals surface area contributed by atoms with E-state index < -0.39 is 0 Å². The van der Waals surface area contributed by atoms with Gasteiger partial charge in [-0.2, -0.15) is 5.10 Å². The number of nitrogens with zero attached hydrogens (tertiary/aromatic N) is 1. The molecule has 0 atom stereocenters. The monoisotopic (exact) mass is 500 g/mol. The van der Waals surface area contributed by atoms with Crippen LogP contribution in [0.5, 0.6) is 17.2 Å². The zero-order chi connectivity index (χ0) is 24.3. The molecule has 3 rings (SSSR count). The molecule has 0 aromatic heterocycles. The number of carbonyl (C=O) groups is 1. The van der Waals surface area contributed by atoms with E-state index in [1.807, 2.05) is 44.2 Å². The molecule has 3 aromatic carbocycles. The molecule has 178 valence electrons. The van der Waals surface area contributed by atoms with Crippen LogP contribution in [-0.2, 0) is 6.61 Å². The minimum absolute atomic E-state index is 0.299. The summed E-state index contributed by atoms with van der Waals surface area (Å²) in [6.45, 7) is 5.24. The SMILES string of the molecule is CCCOc1ccc(C(=O)N/N=C/c2cccc(OCc3ccc(Cl)cc3Cl)c2)cc1OCC. The lowest BCUT2D eigenvalue weighted by atomic mass is 10.2. The molecule has 3 aromatic rings. The number of amides is 1. The van der Waals surface area contributed by atoms with Crippen LogP contribution >= 0.6 is 23.2 Å². The van der Waals surface area contributed by atoms with Gasteiger partial charge in [-0.05, 0) is 61.4 Å². The lowest BCUT2D eigenvalue weighted by Crippen LogP contribution is -2.17. The molecule has 0 saturated carbocycles. The van der Waals surface area contributed by atoms with E-state index in [1.165, 1.54) is 0 Å². The average Bonchev–Trinajstić information content (AvgIpc) is 2.83. The summed E-state index contributed by atoms with van der Waals surface area (Å²) in [6, 6.07) is 17.7. The molecule has 0 heterocycles. The van der Waals surface area contributed by atoms with Crippen molar-refractivity contribution in [2.75, 3.05) is 13.2 Å². The summed E-state index contributed by atoms with van der Waals surface area (Å²) in [5.41, 5.74) is 4.54. The summed E-state index contributed by atoms with van der Waals surface area (Å²) in [5.74, 6) is 1.42. The molecule has 8 heteroatoms. The van der Waals surface area contributed by atoms with Crippen molar-refractivity contribution in [2.24, 2.45) is 5.10 Å². The molecule has 0 bridgehead atoms. The van der Waals surface area contributed by atoms with E-state index in [1.54, 1.807) is 36.5 Å². The van der Waals surface area contributed by atoms with Gasteiger partial charge in [0.15, 0.2) is 11.5 Å². The summed E-state index contributed by atoms with van der Waals surface area (Å²) in [6.07, 6.45) is 2.42. The van der Waals surface area contributed by atoms with Gasteiger partial charge in [0, 0.05) is 21.2 Å². The number of hydrogen-bond acceptors (Lipinski definition) is 5. The van der Waals surface area contributed by atoms with Crippen LogP contribution in [0.3, 0.4) is 0 Å². The Labute approximate surface area is 209 Å². The summed E-state index contributed by atoms with van der Waals surface area (Å²) in [5, 5.41) is 5.18. The molecule has 0 unspecified atom stereocenters. The molecule has 0 radical (unpaired) electrons. The second-order valence-corrected chi connectivity index (χ2v) is 8.08. The van der Waals surface area contributed by atoms with Gasteiger partial charge in [-0.15, -0.1) is 0 Å². The first-order valence-corrected chi connectivity index (χ1v) is 11.7. The molecule has 34 heavy (non-hydrogen) atoms. The molecule has 6 nitrogen and oxygen atoms in total. The Morgan fingerprint density at radius 1 is 0.971 bits per heavy atom. The summed E-state index contributed by atoms with van der Waals surface area (Å²) in [7, 11) is 0. The van der Waals surface area contributed by atoms with Crippen molar-refractivity contribution in [3.05, 3.63) is 87.4 Å². The van der Waals surface area contributed by atoms with E-state index in [0.717, 1.165) is 17.5 Å². The highest BCUT2D eigenvalue weighted by atomic mass is 35.5. The second kappa shape index (κ2) is 12.9. The Balaban J connectivity index is 1.60. The van der Waals surface area contributed by atoms with E-state index in [0.29, 0.717) is 52.7 Å². The quantitative estimate of drug-likeness (QED) is 0.240. The third-order valence-corrected chi connectivity index (χ3v) is 5.20. The third kappa shape index (κ3) is 7.40. The van der Waals surface area contributed by atoms with E-state index in [9.17, 15) is 4.79 Å². The normalized spacial score (nSPS) is 10.8. The summed E-state index contributed by atoms with van der Waals surface area (Å²) >= 11 is 12.1. The Bertz CT molecular complexity index is 1150. The average molecular weight is 501 g/mol. The standard InChI is InChI=1S/C26H26Cl2N2O4/c1-3-12-33-24-11-9-19(14-25(24)32-4-2)26(31)30-29-16-18-6-5-7-22(13-18)34-17-20-8-10-21(27)15-23(20)28/h5-11,13-16H,3-4,12,17H2,1-2H3,(H,30,31)/b29-16+. The molecule has 0 spiro atoms. The Kier molecular flexibility index (Phi) is 9.62. The molecule has 1 amide bonds. The zero-order valence-corrected chi connectivity index (χ0v) is 20.5. The maximum atomic E-state index is 12.5. The van der Waals surface area contributed by atoms with Crippen molar-refractivity contribution in [3.8, 4) is 17.2 Å². The van der Waals surface area contributed by atoms with Crippen LogP contribution in [0, 0.1) is 0 Å².